The van der Waals surface area contributed by atoms with Gasteiger partial charge in [0.2, 0.25) is 0 Å². The summed E-state index contributed by atoms with van der Waals surface area (Å²) in [7, 11) is 2.04. The number of halogens is 1. The Morgan fingerprint density at radius 1 is 1.40 bits per heavy atom. The lowest BCUT2D eigenvalue weighted by Crippen LogP contribution is -2.20. The van der Waals surface area contributed by atoms with Crippen LogP contribution in [-0.2, 0) is 13.0 Å². The molecule has 2 N–H and O–H groups in total. The Kier molecular flexibility index (Phi) is 4.99. The van der Waals surface area contributed by atoms with Gasteiger partial charge in [-0.05, 0) is 46.3 Å². The van der Waals surface area contributed by atoms with E-state index in [0.29, 0.717) is 5.82 Å². The average Bonchev–Trinajstić information content (AvgIpc) is 2.79. The van der Waals surface area contributed by atoms with Gasteiger partial charge < -0.3 is 10.6 Å². The molecule has 2 rings (SSSR count). The third-order valence-electron chi connectivity index (χ3n) is 3.08. The Balaban J connectivity index is 2.25. The summed E-state index contributed by atoms with van der Waals surface area (Å²) in [6.45, 7) is 4.90. The maximum absolute atomic E-state index is 6.00. The molecule has 0 aliphatic heterocycles. The minimum atomic E-state index is 0.580. The van der Waals surface area contributed by atoms with Crippen LogP contribution in [0.2, 0.25) is 0 Å². The smallest absolute Gasteiger partial charge is 0.137 e. The maximum Gasteiger partial charge on any atom is 0.137 e. The molecule has 2 aromatic heterocycles. The SMILES string of the molecule is CCCc1nc(N)c(C)c(N(C)Cc2csc(Br)c2)n1. The van der Waals surface area contributed by atoms with E-state index in [1.807, 2.05) is 14.0 Å². The maximum atomic E-state index is 6.00. The van der Waals surface area contributed by atoms with Gasteiger partial charge in [0.15, 0.2) is 0 Å². The lowest BCUT2D eigenvalue weighted by molar-refractivity contribution is 0.810. The first kappa shape index (κ1) is 15.3. The van der Waals surface area contributed by atoms with Gasteiger partial charge in [0.05, 0.1) is 3.79 Å². The van der Waals surface area contributed by atoms with E-state index in [9.17, 15) is 0 Å². The molecule has 6 heteroatoms. The molecule has 108 valence electrons. The second-order valence-corrected chi connectivity index (χ2v) is 7.13. The number of rotatable bonds is 5. The molecule has 0 aromatic carbocycles. The minimum Gasteiger partial charge on any atom is -0.383 e. The van der Waals surface area contributed by atoms with E-state index in [1.54, 1.807) is 11.3 Å². The first-order valence-corrected chi connectivity index (χ1v) is 8.25. The second-order valence-electron chi connectivity index (χ2n) is 4.84. The molecule has 0 atom stereocenters. The number of nitrogens with two attached hydrogens (primary N) is 1. The lowest BCUT2D eigenvalue weighted by Gasteiger charge is -2.21. The molecule has 0 unspecified atom stereocenters. The summed E-state index contributed by atoms with van der Waals surface area (Å²) in [5.74, 6) is 2.32. The fourth-order valence-electron chi connectivity index (χ4n) is 2.05. The van der Waals surface area contributed by atoms with Crippen molar-refractivity contribution in [2.24, 2.45) is 0 Å². The molecule has 0 radical (unpaired) electrons. The summed E-state index contributed by atoms with van der Waals surface area (Å²) < 4.78 is 1.14. The van der Waals surface area contributed by atoms with Gasteiger partial charge in [-0.15, -0.1) is 11.3 Å². The van der Waals surface area contributed by atoms with Crippen LogP contribution in [0.15, 0.2) is 15.2 Å². The molecular weight excluding hydrogens is 336 g/mol. The Hall–Kier alpha value is -1.14. The van der Waals surface area contributed by atoms with Gasteiger partial charge in [-0.3, -0.25) is 0 Å². The van der Waals surface area contributed by atoms with Crippen molar-refractivity contribution in [2.75, 3.05) is 17.7 Å². The van der Waals surface area contributed by atoms with Crippen molar-refractivity contribution in [3.05, 3.63) is 32.2 Å². The third kappa shape index (κ3) is 3.49. The number of aromatic nitrogens is 2. The molecule has 0 saturated heterocycles. The van der Waals surface area contributed by atoms with E-state index in [1.165, 1.54) is 5.56 Å². The van der Waals surface area contributed by atoms with Gasteiger partial charge in [-0.2, -0.15) is 0 Å². The zero-order valence-electron chi connectivity index (χ0n) is 12.0. The Labute approximate surface area is 132 Å². The van der Waals surface area contributed by atoms with Crippen LogP contribution in [0.25, 0.3) is 0 Å². The summed E-state index contributed by atoms with van der Waals surface area (Å²) in [4.78, 5) is 11.1. The Bertz CT molecular complexity index is 597. The summed E-state index contributed by atoms with van der Waals surface area (Å²) in [6, 6.07) is 2.13. The molecule has 0 saturated carbocycles. The number of thiophene rings is 1. The fourth-order valence-corrected chi connectivity index (χ4v) is 3.25. The molecule has 2 aromatic rings. The number of nitrogens with zero attached hydrogens (tertiary/aromatic N) is 3. The highest BCUT2D eigenvalue weighted by Crippen LogP contribution is 2.25. The van der Waals surface area contributed by atoms with Crippen molar-refractivity contribution in [1.29, 1.82) is 0 Å². The zero-order chi connectivity index (χ0) is 14.7. The van der Waals surface area contributed by atoms with E-state index in [4.69, 9.17) is 5.73 Å². The van der Waals surface area contributed by atoms with Crippen LogP contribution in [0.5, 0.6) is 0 Å². The highest BCUT2D eigenvalue weighted by molar-refractivity contribution is 9.11. The number of hydrogen-bond acceptors (Lipinski definition) is 5. The Morgan fingerprint density at radius 2 is 2.15 bits per heavy atom. The van der Waals surface area contributed by atoms with Gasteiger partial charge in [0, 0.05) is 25.6 Å². The van der Waals surface area contributed by atoms with Crippen molar-refractivity contribution in [2.45, 2.75) is 33.2 Å². The summed E-state index contributed by atoms with van der Waals surface area (Å²) in [6.07, 6.45) is 1.87. The summed E-state index contributed by atoms with van der Waals surface area (Å²) in [5, 5.41) is 2.15. The van der Waals surface area contributed by atoms with Crippen molar-refractivity contribution < 1.29 is 0 Å². The fraction of sp³-hybridized carbons (Fsp3) is 0.429. The predicted octanol–water partition coefficient (Wildman–Crippen LogP) is 3.78. The summed E-state index contributed by atoms with van der Waals surface area (Å²) >= 11 is 5.18. The molecule has 4 nitrogen and oxygen atoms in total. The number of hydrogen-bond donors (Lipinski definition) is 1. The minimum absolute atomic E-state index is 0.580. The topological polar surface area (TPSA) is 55.0 Å². The molecular formula is C14H19BrN4S. The van der Waals surface area contributed by atoms with Crippen LogP contribution >= 0.6 is 27.3 Å². The van der Waals surface area contributed by atoms with Crippen molar-refractivity contribution in [3.63, 3.8) is 0 Å². The van der Waals surface area contributed by atoms with Crippen molar-refractivity contribution in [3.8, 4) is 0 Å². The highest BCUT2D eigenvalue weighted by atomic mass is 79.9. The van der Waals surface area contributed by atoms with Crippen LogP contribution in [-0.4, -0.2) is 17.0 Å². The Morgan fingerprint density at radius 3 is 2.75 bits per heavy atom. The van der Waals surface area contributed by atoms with E-state index in [2.05, 4.69) is 49.2 Å². The van der Waals surface area contributed by atoms with Crippen LogP contribution < -0.4 is 10.6 Å². The molecule has 0 fully saturated rings. The van der Waals surface area contributed by atoms with E-state index < -0.39 is 0 Å². The molecule has 2 heterocycles. The van der Waals surface area contributed by atoms with Gasteiger partial charge in [0.1, 0.15) is 17.5 Å². The monoisotopic (exact) mass is 354 g/mol. The van der Waals surface area contributed by atoms with E-state index in [-0.39, 0.29) is 0 Å². The molecule has 0 aliphatic carbocycles. The molecule has 0 bridgehead atoms. The van der Waals surface area contributed by atoms with Gasteiger partial charge in [-0.1, -0.05) is 6.92 Å². The zero-order valence-corrected chi connectivity index (χ0v) is 14.4. The summed E-state index contributed by atoms with van der Waals surface area (Å²) in [5.41, 5.74) is 8.21. The molecule has 0 aliphatic rings. The largest absolute Gasteiger partial charge is 0.383 e. The standard InChI is InChI=1S/C14H19BrN4S/c1-4-5-12-17-13(16)9(2)14(18-12)19(3)7-10-6-11(15)20-8-10/h6,8H,4-5,7H2,1-3H3,(H2,16,17,18). The van der Waals surface area contributed by atoms with Crippen LogP contribution in [0.1, 0.15) is 30.3 Å². The van der Waals surface area contributed by atoms with E-state index >= 15 is 0 Å². The van der Waals surface area contributed by atoms with Crippen molar-refractivity contribution >= 4 is 38.9 Å². The predicted molar refractivity (Wildman–Crippen MR) is 89.3 cm³/mol. The van der Waals surface area contributed by atoms with Gasteiger partial charge in [0.25, 0.3) is 0 Å². The first-order valence-electron chi connectivity index (χ1n) is 6.58. The first-order chi connectivity index (χ1) is 9.51. The molecule has 0 spiro atoms. The molecule has 0 amide bonds. The van der Waals surface area contributed by atoms with Gasteiger partial charge >= 0.3 is 0 Å². The number of nitrogen functional groups attached to an aromatic ring is 1. The normalized spacial score (nSPS) is 10.8. The number of aryl methyl sites for hydroxylation is 1. The number of anilines is 2. The van der Waals surface area contributed by atoms with E-state index in [0.717, 1.165) is 40.4 Å². The quantitative estimate of drug-likeness (QED) is 0.887. The van der Waals surface area contributed by atoms with Crippen LogP contribution in [0, 0.1) is 6.92 Å². The van der Waals surface area contributed by atoms with Crippen LogP contribution in [0.3, 0.4) is 0 Å². The highest BCUT2D eigenvalue weighted by Gasteiger charge is 2.13. The lowest BCUT2D eigenvalue weighted by atomic mass is 10.2. The van der Waals surface area contributed by atoms with Gasteiger partial charge in [-0.25, -0.2) is 9.97 Å². The molecule has 20 heavy (non-hydrogen) atoms. The second kappa shape index (κ2) is 6.54. The average molecular weight is 355 g/mol. The third-order valence-corrected chi connectivity index (χ3v) is 4.63. The van der Waals surface area contributed by atoms with Crippen molar-refractivity contribution in [1.82, 2.24) is 9.97 Å². The van der Waals surface area contributed by atoms with Crippen LogP contribution in [0.4, 0.5) is 11.6 Å².